The van der Waals surface area contributed by atoms with Crippen LogP contribution in [0.3, 0.4) is 0 Å². The van der Waals surface area contributed by atoms with E-state index in [2.05, 4.69) is 35.5 Å². The lowest BCUT2D eigenvalue weighted by molar-refractivity contribution is -0.832. The Bertz CT molecular complexity index is 1710. The van der Waals surface area contributed by atoms with Crippen LogP contribution in [0.4, 0.5) is 0 Å². The molecule has 1 aromatic carbocycles. The highest BCUT2D eigenvalue weighted by Crippen LogP contribution is 2.74. The van der Waals surface area contributed by atoms with Crippen molar-refractivity contribution in [1.29, 1.82) is 0 Å². The van der Waals surface area contributed by atoms with Gasteiger partial charge >= 0.3 is 16.9 Å². The van der Waals surface area contributed by atoms with E-state index in [4.69, 9.17) is 9.47 Å². The van der Waals surface area contributed by atoms with Gasteiger partial charge in [0.1, 0.15) is 6.54 Å². The van der Waals surface area contributed by atoms with Crippen LogP contribution in [-0.2, 0) is 29.0 Å². The van der Waals surface area contributed by atoms with Gasteiger partial charge in [0.15, 0.2) is 5.78 Å². The number of carbonyl (C=O) groups is 3. The van der Waals surface area contributed by atoms with Crippen LogP contribution >= 0.6 is 0 Å². The molecular weight excluding hydrogens is 626 g/mol. The Labute approximate surface area is 274 Å². The fraction of sp³-hybridized carbons (Fsp3) is 0.618. The van der Waals surface area contributed by atoms with E-state index in [0.29, 0.717) is 5.92 Å². The Balaban J connectivity index is 1.01. The van der Waals surface area contributed by atoms with E-state index in [-0.39, 0.29) is 69.8 Å². The van der Waals surface area contributed by atoms with Crippen molar-refractivity contribution >= 4 is 27.5 Å². The van der Waals surface area contributed by atoms with E-state index in [1.807, 2.05) is 6.92 Å². The lowest BCUT2D eigenvalue weighted by Crippen LogP contribution is -2.60. The molecule has 47 heavy (non-hydrogen) atoms. The van der Waals surface area contributed by atoms with Gasteiger partial charge in [-0.15, -0.1) is 0 Å². The molecule has 0 saturated heterocycles. The fourth-order valence-electron chi connectivity index (χ4n) is 9.83. The predicted octanol–water partition coefficient (Wildman–Crippen LogP) is 4.11. The number of fused-ring (bicyclic) bond motifs is 3. The van der Waals surface area contributed by atoms with Gasteiger partial charge in [-0.25, -0.2) is 8.42 Å². The molecule has 1 heterocycles. The molecule has 4 fully saturated rings. The lowest BCUT2D eigenvalue weighted by atomic mass is 9.40. The number of aromatic nitrogens is 2. The number of sulfone groups is 1. The Morgan fingerprint density at radius 3 is 2.55 bits per heavy atom. The molecule has 254 valence electrons. The average molecular weight is 670 g/mol. The van der Waals surface area contributed by atoms with Crippen molar-refractivity contribution in [3.63, 3.8) is 0 Å². The minimum Gasteiger partial charge on any atom is -0.464 e. The van der Waals surface area contributed by atoms with Crippen molar-refractivity contribution in [2.45, 2.75) is 88.5 Å². The third-order valence-electron chi connectivity index (χ3n) is 12.0. The standard InChI is InChI=1S/C34H43N3O9S/c1-22-27(39)31(2)16-12-25-32(3)14-8-15-33(4,24(32)13-17-34(22,25)21-31)30(40)35-20-26(38)44-18-9-19-45-28-29(37(41)46-36-28)47(42,43)23-10-6-5-7-11-23/h5-7,10-11,24-25H,1,8-9,12-21H2,2-4H3,(H,35,40)/t24?,25?,31-,32+,33+,34?/m0/s1. The zero-order chi connectivity index (χ0) is 33.8. The Morgan fingerprint density at radius 1 is 1.09 bits per heavy atom. The summed E-state index contributed by atoms with van der Waals surface area (Å²) in [5, 5.41) is 17.5. The van der Waals surface area contributed by atoms with Crippen molar-refractivity contribution in [2.24, 2.45) is 33.5 Å². The molecule has 13 heteroatoms. The third-order valence-corrected chi connectivity index (χ3v) is 13.7. The molecule has 1 spiro atoms. The fourth-order valence-corrected chi connectivity index (χ4v) is 11.1. The largest absolute Gasteiger partial charge is 0.464 e. The monoisotopic (exact) mass is 669 g/mol. The topological polar surface area (TPSA) is 169 Å². The van der Waals surface area contributed by atoms with Crippen LogP contribution in [0.1, 0.15) is 78.6 Å². The highest BCUT2D eigenvalue weighted by atomic mass is 32.2. The Morgan fingerprint density at radius 2 is 1.81 bits per heavy atom. The number of nitrogens with one attached hydrogen (secondary N) is 1. The summed E-state index contributed by atoms with van der Waals surface area (Å²) >= 11 is 0. The molecule has 4 aliphatic rings. The Hall–Kier alpha value is -3.74. The van der Waals surface area contributed by atoms with Crippen LogP contribution in [0.5, 0.6) is 5.88 Å². The summed E-state index contributed by atoms with van der Waals surface area (Å²) in [5.41, 5.74) is -0.423. The maximum atomic E-state index is 13.8. The minimum absolute atomic E-state index is 0.0616. The van der Waals surface area contributed by atoms with Gasteiger partial charge in [-0.05, 0) is 84.8 Å². The first kappa shape index (κ1) is 33.2. The number of ether oxygens (including phenoxy) is 2. The van der Waals surface area contributed by atoms with Crippen molar-refractivity contribution in [3.05, 3.63) is 47.7 Å². The molecule has 6 atom stereocenters. The molecule has 4 saturated carbocycles. The van der Waals surface area contributed by atoms with Gasteiger partial charge in [-0.3, -0.25) is 19.0 Å². The van der Waals surface area contributed by atoms with Crippen molar-refractivity contribution in [3.8, 4) is 5.88 Å². The van der Waals surface area contributed by atoms with Crippen LogP contribution < -0.4 is 15.0 Å². The summed E-state index contributed by atoms with van der Waals surface area (Å²) in [5.74, 6) is -0.587. The van der Waals surface area contributed by atoms with Gasteiger partial charge in [-0.1, -0.05) is 52.0 Å². The summed E-state index contributed by atoms with van der Waals surface area (Å²) in [6, 6.07) is 7.35. The predicted molar refractivity (Wildman–Crippen MR) is 166 cm³/mol. The highest BCUT2D eigenvalue weighted by Gasteiger charge is 2.69. The number of hydrogen-bond acceptors (Lipinski definition) is 10. The first-order valence-corrected chi connectivity index (χ1v) is 17.9. The molecule has 0 aliphatic heterocycles. The second-order valence-electron chi connectivity index (χ2n) is 14.6. The Kier molecular flexibility index (Phi) is 8.29. The van der Waals surface area contributed by atoms with Gasteiger partial charge in [0.05, 0.1) is 23.3 Å². The highest BCUT2D eigenvalue weighted by molar-refractivity contribution is 7.91. The lowest BCUT2D eigenvalue weighted by Gasteiger charge is -2.64. The molecule has 1 N–H and O–H groups in total. The quantitative estimate of drug-likeness (QED) is 0.168. The first-order valence-electron chi connectivity index (χ1n) is 16.4. The number of nitrogens with zero attached hydrogens (tertiary/aromatic N) is 2. The number of amides is 1. The van der Waals surface area contributed by atoms with Gasteiger partial charge in [0, 0.05) is 22.7 Å². The van der Waals surface area contributed by atoms with Crippen LogP contribution in [0.2, 0.25) is 0 Å². The minimum atomic E-state index is -4.24. The zero-order valence-electron chi connectivity index (χ0n) is 27.2. The maximum absolute atomic E-state index is 13.8. The zero-order valence-corrected chi connectivity index (χ0v) is 28.0. The number of allylic oxidation sites excluding steroid dienone is 1. The summed E-state index contributed by atoms with van der Waals surface area (Å²) in [4.78, 5) is 39.2. The number of ketones is 1. The summed E-state index contributed by atoms with van der Waals surface area (Å²) in [7, 11) is -4.24. The van der Waals surface area contributed by atoms with Crippen molar-refractivity contribution in [1.82, 2.24) is 10.5 Å². The van der Waals surface area contributed by atoms with Crippen molar-refractivity contribution in [2.75, 3.05) is 19.8 Å². The second kappa shape index (κ2) is 11.7. The van der Waals surface area contributed by atoms with E-state index < -0.39 is 32.1 Å². The molecule has 4 aliphatic carbocycles. The van der Waals surface area contributed by atoms with Crippen LogP contribution in [-0.4, -0.2) is 51.0 Å². The summed E-state index contributed by atoms with van der Waals surface area (Å²) in [6.07, 6.45) is 7.24. The molecule has 6 rings (SSSR count). The molecular formula is C34H43N3O9S. The van der Waals surface area contributed by atoms with Crippen molar-refractivity contribution < 1.29 is 41.8 Å². The van der Waals surface area contributed by atoms with Gasteiger partial charge in [0.2, 0.25) is 5.91 Å². The number of carbonyl (C=O) groups excluding carboxylic acids is 3. The van der Waals surface area contributed by atoms with E-state index in [9.17, 15) is 28.0 Å². The van der Waals surface area contributed by atoms with Crippen LogP contribution in [0.15, 0.2) is 57.0 Å². The first-order chi connectivity index (χ1) is 22.2. The normalized spacial score (nSPS) is 33.1. The number of rotatable bonds is 10. The van der Waals surface area contributed by atoms with Gasteiger partial charge < -0.3 is 20.0 Å². The molecule has 1 amide bonds. The molecule has 2 aromatic rings. The van der Waals surface area contributed by atoms with E-state index >= 15 is 0 Å². The molecule has 2 bridgehead atoms. The number of Topliss-reactive ketones (excluding diaryl/α,β-unsaturated/α-hetero) is 1. The SMILES string of the molecule is C=C1C(=O)[C@@]2(C)CCC3C1(CCC1[C@@]3(C)CCC[C@@]1(C)C(=O)NCC(=O)OCCCOc1no[n+]([O-])c1S(=O)(=O)c1ccccc1)C2. The van der Waals surface area contributed by atoms with Gasteiger partial charge in [-0.2, -0.15) is 0 Å². The number of hydrogen-bond donors (Lipinski definition) is 1. The molecule has 12 nitrogen and oxygen atoms in total. The van der Waals surface area contributed by atoms with E-state index in [0.717, 1.165) is 56.9 Å². The van der Waals surface area contributed by atoms with E-state index in [1.54, 1.807) is 6.07 Å². The summed E-state index contributed by atoms with van der Waals surface area (Å²) in [6.45, 7) is 10.3. The third kappa shape index (κ3) is 5.25. The average Bonchev–Trinajstić information content (AvgIpc) is 3.48. The molecule has 1 aromatic heterocycles. The smallest absolute Gasteiger partial charge is 0.414 e. The van der Waals surface area contributed by atoms with Crippen LogP contribution in [0.25, 0.3) is 0 Å². The second-order valence-corrected chi connectivity index (χ2v) is 16.5. The molecule has 0 radical (unpaired) electrons. The number of esters is 1. The maximum Gasteiger partial charge on any atom is 0.414 e. The van der Waals surface area contributed by atoms with E-state index in [1.165, 1.54) is 24.3 Å². The van der Waals surface area contributed by atoms with Gasteiger partial charge in [0.25, 0.3) is 9.84 Å². The summed E-state index contributed by atoms with van der Waals surface area (Å²) < 4.78 is 40.9. The van der Waals surface area contributed by atoms with Crippen LogP contribution in [0, 0.1) is 38.7 Å². The number of benzene rings is 1. The molecule has 3 unspecified atom stereocenters.